The van der Waals surface area contributed by atoms with E-state index in [1.165, 1.54) is 16.8 Å². The Morgan fingerprint density at radius 3 is 2.32 bits per heavy atom. The number of carbonyl (C=O) groups excluding carboxylic acids is 1. The minimum Gasteiger partial charge on any atom is -0.490 e. The van der Waals surface area contributed by atoms with Crippen molar-refractivity contribution in [3.63, 3.8) is 0 Å². The fraction of sp³-hybridized carbons (Fsp3) is 0.217. The lowest BCUT2D eigenvalue weighted by atomic mass is 10.1. The van der Waals surface area contributed by atoms with Gasteiger partial charge in [-0.1, -0.05) is 18.2 Å². The predicted molar refractivity (Wildman–Crippen MR) is 124 cm³/mol. The topological polar surface area (TPSA) is 87.3 Å². The van der Waals surface area contributed by atoms with Gasteiger partial charge in [0, 0.05) is 0 Å². The molecule has 0 aromatic heterocycles. The second-order valence-corrected chi connectivity index (χ2v) is 8.39. The number of nitrogens with one attached hydrogen (secondary N) is 1. The maximum atomic E-state index is 12.3. The number of hydrazone groups is 1. The molecule has 0 radical (unpaired) electrons. The molecule has 31 heavy (non-hydrogen) atoms. The van der Waals surface area contributed by atoms with E-state index < -0.39 is 5.91 Å². The summed E-state index contributed by atoms with van der Waals surface area (Å²) in [5.41, 5.74) is 3.31. The third kappa shape index (κ3) is 4.86. The van der Waals surface area contributed by atoms with Crippen molar-refractivity contribution in [1.29, 1.82) is 5.41 Å². The van der Waals surface area contributed by atoms with Crippen molar-refractivity contribution >= 4 is 39.8 Å². The molecule has 8 heteroatoms. The summed E-state index contributed by atoms with van der Waals surface area (Å²) in [7, 11) is 0. The molecular formula is C23H22N4O3S. The Morgan fingerprint density at radius 1 is 1.00 bits per heavy atom. The fourth-order valence-corrected chi connectivity index (χ4v) is 3.98. The van der Waals surface area contributed by atoms with E-state index in [9.17, 15) is 4.79 Å². The number of ether oxygens (including phenoxy) is 2. The first-order valence-electron chi connectivity index (χ1n) is 9.80. The van der Waals surface area contributed by atoms with Gasteiger partial charge in [-0.3, -0.25) is 10.2 Å². The van der Waals surface area contributed by atoms with Crippen LogP contribution in [0.1, 0.15) is 23.6 Å². The summed E-state index contributed by atoms with van der Waals surface area (Å²) in [6, 6.07) is 13.4. The summed E-state index contributed by atoms with van der Waals surface area (Å²) in [4.78, 5) is 16.4. The highest BCUT2D eigenvalue weighted by atomic mass is 32.2. The van der Waals surface area contributed by atoms with Crippen molar-refractivity contribution in [3.8, 4) is 11.5 Å². The number of benzene rings is 2. The monoisotopic (exact) mass is 434 g/mol. The van der Waals surface area contributed by atoms with Gasteiger partial charge in [-0.05, 0) is 79.6 Å². The highest BCUT2D eigenvalue weighted by Gasteiger charge is 2.34. The minimum absolute atomic E-state index is 0.0308. The van der Waals surface area contributed by atoms with Gasteiger partial charge in [0.1, 0.15) is 24.7 Å². The van der Waals surface area contributed by atoms with Crippen LogP contribution in [-0.4, -0.2) is 40.2 Å². The van der Waals surface area contributed by atoms with Crippen LogP contribution in [0.2, 0.25) is 0 Å². The average Bonchev–Trinajstić information content (AvgIpc) is 3.09. The number of rotatable bonds is 6. The number of aliphatic imine (C=N–C) groups is 1. The summed E-state index contributed by atoms with van der Waals surface area (Å²) in [6.45, 7) is 6.75. The van der Waals surface area contributed by atoms with E-state index in [0.717, 1.165) is 27.5 Å². The predicted octanol–water partition coefficient (Wildman–Crippen LogP) is 4.40. The lowest BCUT2D eigenvalue weighted by Gasteiger charge is -2.20. The van der Waals surface area contributed by atoms with Gasteiger partial charge in [0.2, 0.25) is 5.17 Å². The Kier molecular flexibility index (Phi) is 5.90. The number of hydrogen-bond donors (Lipinski definition) is 1. The largest absolute Gasteiger partial charge is 0.490 e. The molecule has 4 rings (SSSR count). The second-order valence-electron chi connectivity index (χ2n) is 7.23. The summed E-state index contributed by atoms with van der Waals surface area (Å²) in [5, 5.41) is 15.1. The first-order valence-corrected chi connectivity index (χ1v) is 10.6. The Hall–Kier alpha value is -3.39. The first-order chi connectivity index (χ1) is 14.9. The SMILES string of the molecule is CC1=NN2C(=N)/C(=C/c3ccc(OCCOc4cc(C)cc(C)c4)cc3)C(=O)N=C2S1. The number of amides is 1. The quantitative estimate of drug-likeness (QED) is 0.538. The zero-order valence-electron chi connectivity index (χ0n) is 17.5. The van der Waals surface area contributed by atoms with Crippen LogP contribution in [0.4, 0.5) is 0 Å². The zero-order valence-corrected chi connectivity index (χ0v) is 18.3. The van der Waals surface area contributed by atoms with Crippen LogP contribution < -0.4 is 9.47 Å². The summed E-state index contributed by atoms with van der Waals surface area (Å²) in [6.07, 6.45) is 1.64. The van der Waals surface area contributed by atoms with E-state index in [-0.39, 0.29) is 11.4 Å². The van der Waals surface area contributed by atoms with Gasteiger partial charge in [-0.25, -0.2) is 0 Å². The van der Waals surface area contributed by atoms with Gasteiger partial charge < -0.3 is 9.47 Å². The Morgan fingerprint density at radius 2 is 1.65 bits per heavy atom. The Labute approximate surface area is 185 Å². The number of hydrogen-bond acceptors (Lipinski definition) is 6. The molecule has 158 valence electrons. The van der Waals surface area contributed by atoms with E-state index in [4.69, 9.17) is 14.9 Å². The smallest absolute Gasteiger partial charge is 0.283 e. The first kappa shape index (κ1) is 20.9. The molecule has 0 bridgehead atoms. The third-order valence-electron chi connectivity index (χ3n) is 4.56. The zero-order chi connectivity index (χ0) is 22.0. The molecule has 2 aliphatic heterocycles. The van der Waals surface area contributed by atoms with Crippen LogP contribution >= 0.6 is 11.8 Å². The molecule has 0 fully saturated rings. The van der Waals surface area contributed by atoms with Gasteiger partial charge in [-0.15, -0.1) is 0 Å². The number of nitrogens with zero attached hydrogens (tertiary/aromatic N) is 3. The highest BCUT2D eigenvalue weighted by molar-refractivity contribution is 8.26. The van der Waals surface area contributed by atoms with Gasteiger partial charge in [0.15, 0.2) is 5.84 Å². The molecule has 1 amide bonds. The van der Waals surface area contributed by atoms with Crippen LogP contribution in [0.3, 0.4) is 0 Å². The molecule has 2 heterocycles. The van der Waals surface area contributed by atoms with Crippen molar-refractivity contribution < 1.29 is 14.3 Å². The molecule has 0 saturated heterocycles. The Balaban J connectivity index is 1.35. The average molecular weight is 435 g/mol. The Bertz CT molecular complexity index is 1120. The molecule has 7 nitrogen and oxygen atoms in total. The molecule has 2 aromatic carbocycles. The van der Waals surface area contributed by atoms with E-state index in [0.29, 0.717) is 24.1 Å². The molecule has 0 saturated carbocycles. The van der Waals surface area contributed by atoms with E-state index in [2.05, 4.69) is 16.2 Å². The van der Waals surface area contributed by atoms with Crippen LogP contribution in [-0.2, 0) is 4.79 Å². The molecule has 0 atom stereocenters. The standard InChI is InChI=1S/C23H22N4O3S/c1-14-10-15(2)12-19(11-14)30-9-8-29-18-6-4-17(5-7-18)13-20-21(24)27-23(25-22(20)28)31-16(3)26-27/h4-7,10-13,24H,8-9H2,1-3H3/b20-13-,24-21?. The number of fused-ring (bicyclic) bond motifs is 1. The molecular weight excluding hydrogens is 412 g/mol. The molecule has 2 aromatic rings. The van der Waals surface area contributed by atoms with Gasteiger partial charge in [-0.2, -0.15) is 15.1 Å². The summed E-state index contributed by atoms with van der Waals surface area (Å²) >= 11 is 1.29. The molecule has 0 spiro atoms. The molecule has 1 N–H and O–H groups in total. The highest BCUT2D eigenvalue weighted by Crippen LogP contribution is 2.28. The van der Waals surface area contributed by atoms with Crippen LogP contribution in [0.5, 0.6) is 11.5 Å². The normalized spacial score (nSPS) is 16.9. The number of carbonyl (C=O) groups is 1. The van der Waals surface area contributed by atoms with Crippen molar-refractivity contribution in [1.82, 2.24) is 5.01 Å². The molecule has 2 aliphatic rings. The van der Waals surface area contributed by atoms with Gasteiger partial charge in [0.05, 0.1) is 10.6 Å². The van der Waals surface area contributed by atoms with E-state index in [1.807, 2.05) is 57.2 Å². The summed E-state index contributed by atoms with van der Waals surface area (Å²) in [5.74, 6) is 1.14. The van der Waals surface area contributed by atoms with E-state index in [1.54, 1.807) is 6.08 Å². The van der Waals surface area contributed by atoms with Crippen molar-refractivity contribution in [2.75, 3.05) is 13.2 Å². The van der Waals surface area contributed by atoms with Crippen LogP contribution in [0.15, 0.2) is 58.1 Å². The number of aryl methyl sites for hydroxylation is 2. The van der Waals surface area contributed by atoms with Crippen molar-refractivity contribution in [3.05, 3.63) is 64.7 Å². The second kappa shape index (κ2) is 8.77. The van der Waals surface area contributed by atoms with E-state index >= 15 is 0 Å². The lowest BCUT2D eigenvalue weighted by molar-refractivity contribution is -0.114. The number of amidine groups is 2. The summed E-state index contributed by atoms with van der Waals surface area (Å²) < 4.78 is 11.5. The maximum absolute atomic E-state index is 12.3. The number of thioether (sulfide) groups is 1. The van der Waals surface area contributed by atoms with Crippen molar-refractivity contribution in [2.45, 2.75) is 20.8 Å². The molecule has 0 aliphatic carbocycles. The van der Waals surface area contributed by atoms with Gasteiger partial charge in [0.25, 0.3) is 5.91 Å². The third-order valence-corrected chi connectivity index (χ3v) is 5.39. The minimum atomic E-state index is -0.433. The van der Waals surface area contributed by atoms with Gasteiger partial charge >= 0.3 is 0 Å². The fourth-order valence-electron chi connectivity index (χ4n) is 3.25. The van der Waals surface area contributed by atoms with Crippen molar-refractivity contribution in [2.24, 2.45) is 10.1 Å². The molecule has 0 unspecified atom stereocenters. The van der Waals surface area contributed by atoms with Crippen LogP contribution in [0, 0.1) is 19.3 Å². The van der Waals surface area contributed by atoms with Crippen LogP contribution in [0.25, 0.3) is 6.08 Å². The maximum Gasteiger partial charge on any atom is 0.283 e. The lowest BCUT2D eigenvalue weighted by Crippen LogP contribution is -2.35.